The highest BCUT2D eigenvalue weighted by Crippen LogP contribution is 2.00. The van der Waals surface area contributed by atoms with E-state index < -0.39 is 5.97 Å². The van der Waals surface area contributed by atoms with Crippen LogP contribution in [-0.2, 0) is 9.59 Å². The number of nitrogens with one attached hydrogen (secondary N) is 2. The predicted octanol–water partition coefficient (Wildman–Crippen LogP) is -1.13. The van der Waals surface area contributed by atoms with Gasteiger partial charge >= 0.3 is 5.97 Å². The molecule has 0 saturated carbocycles. The van der Waals surface area contributed by atoms with E-state index in [1.165, 1.54) is 0 Å². The molecule has 6 nitrogen and oxygen atoms in total. The van der Waals surface area contributed by atoms with Crippen molar-refractivity contribution in [2.24, 2.45) is 0 Å². The van der Waals surface area contributed by atoms with E-state index in [0.29, 0.717) is 25.6 Å². The van der Waals surface area contributed by atoms with Crippen LogP contribution in [0.25, 0.3) is 0 Å². The van der Waals surface area contributed by atoms with Crippen molar-refractivity contribution in [2.45, 2.75) is 18.9 Å². The van der Waals surface area contributed by atoms with Crippen LogP contribution in [0.3, 0.4) is 0 Å². The lowest BCUT2D eigenvalue weighted by Gasteiger charge is -2.35. The lowest BCUT2D eigenvalue weighted by Crippen LogP contribution is -2.57. The van der Waals surface area contributed by atoms with Gasteiger partial charge < -0.3 is 15.7 Å². The second-order valence-corrected chi connectivity index (χ2v) is 4.07. The first-order valence-corrected chi connectivity index (χ1v) is 5.49. The summed E-state index contributed by atoms with van der Waals surface area (Å²) in [6, 6.07) is 0.449. The smallest absolute Gasteiger partial charge is 0.303 e. The molecule has 0 unspecified atom stereocenters. The summed E-state index contributed by atoms with van der Waals surface area (Å²) in [6.07, 6.45) is 0.582. The van der Waals surface area contributed by atoms with Crippen LogP contribution in [0.2, 0.25) is 0 Å². The highest BCUT2D eigenvalue weighted by Gasteiger charge is 2.22. The van der Waals surface area contributed by atoms with Gasteiger partial charge in [0.15, 0.2) is 0 Å². The maximum Gasteiger partial charge on any atom is 0.303 e. The zero-order valence-electron chi connectivity index (χ0n) is 9.53. The van der Waals surface area contributed by atoms with Crippen molar-refractivity contribution in [1.29, 1.82) is 0 Å². The quantitative estimate of drug-likeness (QED) is 0.481. The number of carboxylic acids is 1. The fourth-order valence-electron chi connectivity index (χ4n) is 1.46. The van der Waals surface area contributed by atoms with Gasteiger partial charge in [0.25, 0.3) is 0 Å². The molecular weight excluding hydrogens is 210 g/mol. The third-order valence-electron chi connectivity index (χ3n) is 2.67. The van der Waals surface area contributed by atoms with Crippen LogP contribution in [0.15, 0.2) is 0 Å². The summed E-state index contributed by atoms with van der Waals surface area (Å²) in [5.74, 6) is -0.869. The number of carboxylic acid groups (broad SMARTS) is 1. The predicted molar refractivity (Wildman–Crippen MR) is 59.2 cm³/mol. The Morgan fingerprint density at radius 1 is 1.50 bits per heavy atom. The normalized spacial score (nSPS) is 15.9. The molecule has 0 aromatic rings. The summed E-state index contributed by atoms with van der Waals surface area (Å²) in [7, 11) is 1.92. The number of likely N-dealkylation sites (N-methyl/N-ethyl adjacent to an activating group) is 1. The zero-order chi connectivity index (χ0) is 12.0. The van der Waals surface area contributed by atoms with Gasteiger partial charge in [-0.05, 0) is 13.5 Å². The van der Waals surface area contributed by atoms with Gasteiger partial charge in [-0.25, -0.2) is 0 Å². The fraction of sp³-hybridized carbons (Fsp3) is 0.800. The molecule has 0 aromatic heterocycles. The molecule has 1 amide bonds. The first-order chi connectivity index (χ1) is 7.59. The van der Waals surface area contributed by atoms with Crippen LogP contribution < -0.4 is 10.6 Å². The van der Waals surface area contributed by atoms with Crippen LogP contribution in [0, 0.1) is 0 Å². The fourth-order valence-corrected chi connectivity index (χ4v) is 1.46. The SMILES string of the molecule is CN(CC(=O)NCCCC(=O)O)C1CNC1. The van der Waals surface area contributed by atoms with Gasteiger partial charge in [-0.2, -0.15) is 0 Å². The summed E-state index contributed by atoms with van der Waals surface area (Å²) >= 11 is 0. The number of hydrogen-bond acceptors (Lipinski definition) is 4. The van der Waals surface area contributed by atoms with E-state index in [1.54, 1.807) is 0 Å². The van der Waals surface area contributed by atoms with Crippen LogP contribution in [0.5, 0.6) is 0 Å². The van der Waals surface area contributed by atoms with E-state index in [2.05, 4.69) is 10.6 Å². The number of aliphatic carboxylic acids is 1. The first-order valence-electron chi connectivity index (χ1n) is 5.49. The van der Waals surface area contributed by atoms with Gasteiger partial charge in [0, 0.05) is 32.1 Å². The van der Waals surface area contributed by atoms with Crippen molar-refractivity contribution in [1.82, 2.24) is 15.5 Å². The molecule has 1 aliphatic rings. The number of carbonyl (C=O) groups excluding carboxylic acids is 1. The summed E-state index contributed by atoms with van der Waals surface area (Å²) in [5, 5.41) is 14.3. The molecule has 92 valence electrons. The Labute approximate surface area is 95.0 Å². The maximum absolute atomic E-state index is 11.4. The molecule has 1 rings (SSSR count). The first kappa shape index (κ1) is 12.9. The molecule has 3 N–H and O–H groups in total. The number of amides is 1. The van der Waals surface area contributed by atoms with Gasteiger partial charge in [-0.15, -0.1) is 0 Å². The lowest BCUT2D eigenvalue weighted by atomic mass is 10.1. The minimum Gasteiger partial charge on any atom is -0.481 e. The molecule has 0 aliphatic carbocycles. The summed E-state index contributed by atoms with van der Waals surface area (Å²) in [5.41, 5.74) is 0. The van der Waals surface area contributed by atoms with Crippen LogP contribution in [0.4, 0.5) is 0 Å². The summed E-state index contributed by atoms with van der Waals surface area (Å²) in [4.78, 5) is 23.7. The monoisotopic (exact) mass is 229 g/mol. The van der Waals surface area contributed by atoms with E-state index in [1.807, 2.05) is 11.9 Å². The Morgan fingerprint density at radius 2 is 2.19 bits per heavy atom. The van der Waals surface area contributed by atoms with Crippen molar-refractivity contribution in [3.8, 4) is 0 Å². The highest BCUT2D eigenvalue weighted by atomic mass is 16.4. The van der Waals surface area contributed by atoms with Crippen LogP contribution in [-0.4, -0.2) is 61.2 Å². The molecular formula is C10H19N3O3. The molecule has 6 heteroatoms. The van der Waals surface area contributed by atoms with Crippen LogP contribution >= 0.6 is 0 Å². The van der Waals surface area contributed by atoms with Crippen molar-refractivity contribution < 1.29 is 14.7 Å². The van der Waals surface area contributed by atoms with Crippen molar-refractivity contribution in [2.75, 3.05) is 33.2 Å². The van der Waals surface area contributed by atoms with Crippen molar-refractivity contribution in [3.05, 3.63) is 0 Å². The third kappa shape index (κ3) is 4.59. The van der Waals surface area contributed by atoms with Crippen molar-refractivity contribution >= 4 is 11.9 Å². The number of nitrogens with zero attached hydrogens (tertiary/aromatic N) is 1. The van der Waals surface area contributed by atoms with E-state index in [0.717, 1.165) is 13.1 Å². The Morgan fingerprint density at radius 3 is 2.69 bits per heavy atom. The second kappa shape index (κ2) is 6.44. The van der Waals surface area contributed by atoms with Crippen molar-refractivity contribution in [3.63, 3.8) is 0 Å². The molecule has 0 atom stereocenters. The molecule has 0 radical (unpaired) electrons. The number of hydrogen-bond donors (Lipinski definition) is 3. The van der Waals surface area contributed by atoms with E-state index in [-0.39, 0.29) is 12.3 Å². The average Bonchev–Trinajstić information content (AvgIpc) is 2.08. The van der Waals surface area contributed by atoms with E-state index in [4.69, 9.17) is 5.11 Å². The minimum absolute atomic E-state index is 0.0419. The molecule has 1 fully saturated rings. The molecule has 1 heterocycles. The lowest BCUT2D eigenvalue weighted by molar-refractivity contribution is -0.137. The maximum atomic E-state index is 11.4. The van der Waals surface area contributed by atoms with E-state index in [9.17, 15) is 9.59 Å². The molecule has 16 heavy (non-hydrogen) atoms. The number of carbonyl (C=O) groups is 2. The largest absolute Gasteiger partial charge is 0.481 e. The summed E-state index contributed by atoms with van der Waals surface area (Å²) < 4.78 is 0. The van der Waals surface area contributed by atoms with Gasteiger partial charge in [-0.1, -0.05) is 0 Å². The Kier molecular flexibility index (Phi) is 5.21. The van der Waals surface area contributed by atoms with Gasteiger partial charge in [-0.3, -0.25) is 14.5 Å². The Balaban J connectivity index is 2.03. The highest BCUT2D eigenvalue weighted by molar-refractivity contribution is 5.78. The van der Waals surface area contributed by atoms with E-state index >= 15 is 0 Å². The topological polar surface area (TPSA) is 81.7 Å². The van der Waals surface area contributed by atoms with Crippen LogP contribution in [0.1, 0.15) is 12.8 Å². The zero-order valence-corrected chi connectivity index (χ0v) is 9.53. The Hall–Kier alpha value is -1.14. The summed E-state index contributed by atoms with van der Waals surface area (Å²) in [6.45, 7) is 2.67. The molecule has 1 saturated heterocycles. The second-order valence-electron chi connectivity index (χ2n) is 4.07. The molecule has 0 spiro atoms. The average molecular weight is 229 g/mol. The Bertz CT molecular complexity index is 254. The number of rotatable bonds is 7. The van der Waals surface area contributed by atoms with Gasteiger partial charge in [0.1, 0.15) is 0 Å². The molecule has 0 bridgehead atoms. The molecule has 1 aliphatic heterocycles. The van der Waals surface area contributed by atoms with Gasteiger partial charge in [0.05, 0.1) is 6.54 Å². The molecule has 0 aromatic carbocycles. The van der Waals surface area contributed by atoms with Gasteiger partial charge in [0.2, 0.25) is 5.91 Å². The standard InChI is InChI=1S/C10H19N3O3/c1-13(8-5-11-6-8)7-9(14)12-4-2-3-10(15)16/h8,11H,2-7H2,1H3,(H,12,14)(H,15,16). The minimum atomic E-state index is -0.827. The third-order valence-corrected chi connectivity index (χ3v) is 2.67.